The quantitative estimate of drug-likeness (QED) is 0.615. The van der Waals surface area contributed by atoms with Crippen molar-refractivity contribution in [1.29, 1.82) is 0 Å². The highest BCUT2D eigenvalue weighted by molar-refractivity contribution is 5.75. The van der Waals surface area contributed by atoms with Crippen LogP contribution in [0.25, 0.3) is 0 Å². The van der Waals surface area contributed by atoms with Gasteiger partial charge in [0.2, 0.25) is 0 Å². The van der Waals surface area contributed by atoms with Gasteiger partial charge in [-0.05, 0) is 31.2 Å². The van der Waals surface area contributed by atoms with Gasteiger partial charge < -0.3 is 10.4 Å². The summed E-state index contributed by atoms with van der Waals surface area (Å²) in [6.45, 7) is 0.886. The Bertz CT molecular complexity index is 191. The Morgan fingerprint density at radius 2 is 2.00 bits per heavy atom. The van der Waals surface area contributed by atoms with Crippen LogP contribution < -0.4 is 5.32 Å². The molecular weight excluding hydrogens is 154 g/mol. The Kier molecular flexibility index (Phi) is 1.83. The molecule has 1 unspecified atom stereocenters. The average Bonchev–Trinajstić information content (AvgIpc) is 2.61. The van der Waals surface area contributed by atoms with E-state index in [1.54, 1.807) is 0 Å². The number of hydrogen-bond acceptors (Lipinski definition) is 2. The van der Waals surface area contributed by atoms with Gasteiger partial charge in [-0.3, -0.25) is 4.79 Å². The highest BCUT2D eigenvalue weighted by atomic mass is 16.4. The number of carboxylic acids is 1. The van der Waals surface area contributed by atoms with E-state index in [-0.39, 0.29) is 11.5 Å². The van der Waals surface area contributed by atoms with E-state index >= 15 is 0 Å². The summed E-state index contributed by atoms with van der Waals surface area (Å²) in [5, 5.41) is 12.1. The highest BCUT2D eigenvalue weighted by Crippen LogP contribution is 2.46. The minimum atomic E-state index is -0.658. The van der Waals surface area contributed by atoms with Crippen molar-refractivity contribution in [3.8, 4) is 0 Å². The van der Waals surface area contributed by atoms with Gasteiger partial charge in [-0.25, -0.2) is 0 Å². The largest absolute Gasteiger partial charge is 0.480 e. The van der Waals surface area contributed by atoms with E-state index in [9.17, 15) is 4.79 Å². The zero-order valence-electron chi connectivity index (χ0n) is 7.18. The second kappa shape index (κ2) is 2.73. The van der Waals surface area contributed by atoms with Gasteiger partial charge in [-0.15, -0.1) is 0 Å². The van der Waals surface area contributed by atoms with Crippen molar-refractivity contribution in [3.63, 3.8) is 0 Å². The van der Waals surface area contributed by atoms with Gasteiger partial charge in [0, 0.05) is 0 Å². The minimum absolute atomic E-state index is 0.117. The first-order valence-corrected chi connectivity index (χ1v) is 4.71. The number of nitrogens with one attached hydrogen (secondary N) is 1. The molecule has 2 N–H and O–H groups in total. The lowest BCUT2D eigenvalue weighted by Crippen LogP contribution is -2.41. The number of carbonyl (C=O) groups is 1. The molecule has 1 saturated heterocycles. The molecule has 2 rings (SSSR count). The van der Waals surface area contributed by atoms with Crippen molar-refractivity contribution in [3.05, 3.63) is 0 Å². The Hall–Kier alpha value is -0.570. The molecule has 3 nitrogen and oxygen atoms in total. The van der Waals surface area contributed by atoms with Gasteiger partial charge in [0.05, 0.1) is 0 Å². The zero-order chi connectivity index (χ0) is 8.60. The van der Waals surface area contributed by atoms with E-state index in [2.05, 4.69) is 5.32 Å². The fraction of sp³-hybridized carbons (Fsp3) is 0.889. The number of aliphatic carboxylic acids is 1. The van der Waals surface area contributed by atoms with Crippen LogP contribution in [-0.4, -0.2) is 23.7 Å². The SMILES string of the molecule is O=C(O)C1NCCC12CCCC2. The van der Waals surface area contributed by atoms with Crippen LogP contribution in [0, 0.1) is 5.41 Å². The lowest BCUT2D eigenvalue weighted by Gasteiger charge is -2.26. The van der Waals surface area contributed by atoms with Gasteiger partial charge in [0.25, 0.3) is 0 Å². The van der Waals surface area contributed by atoms with E-state index in [1.165, 1.54) is 12.8 Å². The summed E-state index contributed by atoms with van der Waals surface area (Å²) < 4.78 is 0. The Morgan fingerprint density at radius 3 is 2.58 bits per heavy atom. The first-order chi connectivity index (χ1) is 5.75. The third-order valence-electron chi connectivity index (χ3n) is 3.43. The molecule has 1 aliphatic heterocycles. The zero-order valence-corrected chi connectivity index (χ0v) is 7.18. The lowest BCUT2D eigenvalue weighted by molar-refractivity contribution is -0.141. The Balaban J connectivity index is 2.17. The molecule has 68 valence electrons. The fourth-order valence-electron chi connectivity index (χ4n) is 2.79. The number of carboxylic acid groups (broad SMARTS) is 1. The maximum atomic E-state index is 10.9. The molecule has 0 amide bonds. The van der Waals surface area contributed by atoms with E-state index in [4.69, 9.17) is 5.11 Å². The Morgan fingerprint density at radius 1 is 1.33 bits per heavy atom. The molecule has 1 spiro atoms. The van der Waals surface area contributed by atoms with Gasteiger partial charge >= 0.3 is 5.97 Å². The van der Waals surface area contributed by atoms with Crippen molar-refractivity contribution >= 4 is 5.97 Å². The lowest BCUT2D eigenvalue weighted by atomic mass is 9.79. The summed E-state index contributed by atoms with van der Waals surface area (Å²) in [5.74, 6) is -0.658. The molecule has 2 aliphatic rings. The van der Waals surface area contributed by atoms with E-state index in [1.807, 2.05) is 0 Å². The van der Waals surface area contributed by atoms with Crippen LogP contribution >= 0.6 is 0 Å². The second-order valence-electron chi connectivity index (χ2n) is 4.04. The second-order valence-corrected chi connectivity index (χ2v) is 4.04. The van der Waals surface area contributed by atoms with Crippen LogP contribution in [0.5, 0.6) is 0 Å². The molecule has 0 bridgehead atoms. The van der Waals surface area contributed by atoms with Crippen LogP contribution in [0.4, 0.5) is 0 Å². The van der Waals surface area contributed by atoms with E-state index in [0.717, 1.165) is 25.8 Å². The van der Waals surface area contributed by atoms with Crippen LogP contribution in [0.15, 0.2) is 0 Å². The molecule has 1 atom stereocenters. The third-order valence-corrected chi connectivity index (χ3v) is 3.43. The molecule has 3 heteroatoms. The fourth-order valence-corrected chi connectivity index (χ4v) is 2.79. The molecule has 0 aromatic rings. The first-order valence-electron chi connectivity index (χ1n) is 4.71. The van der Waals surface area contributed by atoms with Gasteiger partial charge in [0.15, 0.2) is 0 Å². The molecule has 1 aliphatic carbocycles. The molecule has 1 heterocycles. The summed E-state index contributed by atoms with van der Waals surface area (Å²) in [7, 11) is 0. The summed E-state index contributed by atoms with van der Waals surface area (Å²) in [6, 6.07) is -0.264. The molecule has 0 aromatic carbocycles. The van der Waals surface area contributed by atoms with Crippen molar-refractivity contribution in [2.24, 2.45) is 5.41 Å². The average molecular weight is 169 g/mol. The third kappa shape index (κ3) is 1.04. The molecule has 0 radical (unpaired) electrons. The summed E-state index contributed by atoms with van der Waals surface area (Å²) >= 11 is 0. The number of hydrogen-bond donors (Lipinski definition) is 2. The first kappa shape index (κ1) is 8.05. The normalized spacial score (nSPS) is 32.8. The standard InChI is InChI=1S/C9H15NO2/c11-8(12)7-9(5-6-10-7)3-1-2-4-9/h7,10H,1-6H2,(H,11,12). The smallest absolute Gasteiger partial charge is 0.321 e. The monoisotopic (exact) mass is 169 g/mol. The van der Waals surface area contributed by atoms with Crippen molar-refractivity contribution < 1.29 is 9.90 Å². The molecular formula is C9H15NO2. The van der Waals surface area contributed by atoms with Crippen LogP contribution in [0.1, 0.15) is 32.1 Å². The maximum absolute atomic E-state index is 10.9. The van der Waals surface area contributed by atoms with Crippen LogP contribution in [0.3, 0.4) is 0 Å². The topological polar surface area (TPSA) is 49.3 Å². The maximum Gasteiger partial charge on any atom is 0.321 e. The summed E-state index contributed by atoms with van der Waals surface area (Å²) in [4.78, 5) is 10.9. The van der Waals surface area contributed by atoms with Crippen molar-refractivity contribution in [1.82, 2.24) is 5.32 Å². The van der Waals surface area contributed by atoms with E-state index < -0.39 is 5.97 Å². The Labute approximate surface area is 72.2 Å². The molecule has 12 heavy (non-hydrogen) atoms. The summed E-state index contributed by atoms with van der Waals surface area (Å²) in [6.07, 6.45) is 5.70. The molecule has 0 aromatic heterocycles. The van der Waals surface area contributed by atoms with Gasteiger partial charge in [0.1, 0.15) is 6.04 Å². The summed E-state index contributed by atoms with van der Waals surface area (Å²) in [5.41, 5.74) is 0.117. The predicted molar refractivity (Wildman–Crippen MR) is 44.9 cm³/mol. The van der Waals surface area contributed by atoms with Crippen LogP contribution in [-0.2, 0) is 4.79 Å². The predicted octanol–water partition coefficient (Wildman–Crippen LogP) is 0.993. The van der Waals surface area contributed by atoms with Gasteiger partial charge in [-0.1, -0.05) is 12.8 Å². The molecule has 2 fully saturated rings. The highest BCUT2D eigenvalue weighted by Gasteiger charge is 2.47. The van der Waals surface area contributed by atoms with Crippen molar-refractivity contribution in [2.45, 2.75) is 38.1 Å². The van der Waals surface area contributed by atoms with E-state index in [0.29, 0.717) is 0 Å². The van der Waals surface area contributed by atoms with Crippen LogP contribution in [0.2, 0.25) is 0 Å². The molecule has 1 saturated carbocycles. The van der Waals surface area contributed by atoms with Crippen molar-refractivity contribution in [2.75, 3.05) is 6.54 Å². The van der Waals surface area contributed by atoms with Gasteiger partial charge in [-0.2, -0.15) is 0 Å². The minimum Gasteiger partial charge on any atom is -0.480 e. The number of rotatable bonds is 1.